The van der Waals surface area contributed by atoms with Crippen LogP contribution in [0.25, 0.3) is 10.9 Å². The fourth-order valence-electron chi connectivity index (χ4n) is 1.80. The largest absolute Gasteiger partial charge is 0.433 e. The first-order valence-corrected chi connectivity index (χ1v) is 6.31. The predicted molar refractivity (Wildman–Crippen MR) is 70.5 cm³/mol. The van der Waals surface area contributed by atoms with Gasteiger partial charge >= 0.3 is 6.18 Å². The second-order valence-corrected chi connectivity index (χ2v) is 4.67. The molecule has 0 aliphatic carbocycles. The van der Waals surface area contributed by atoms with E-state index in [0.717, 1.165) is 18.2 Å². The molecule has 0 radical (unpaired) electrons. The number of nitrogens with one attached hydrogen (secondary N) is 1. The molecule has 0 amide bonds. The Hall–Kier alpha value is -1.56. The van der Waals surface area contributed by atoms with Gasteiger partial charge in [-0.1, -0.05) is 18.5 Å². The number of nitrogens with zero attached hydrogens (tertiary/aromatic N) is 1. The van der Waals surface area contributed by atoms with Crippen LogP contribution in [0.2, 0.25) is 5.02 Å². The van der Waals surface area contributed by atoms with Gasteiger partial charge in [0.25, 0.3) is 0 Å². The van der Waals surface area contributed by atoms with Gasteiger partial charge in [0.15, 0.2) is 0 Å². The van der Waals surface area contributed by atoms with Crippen LogP contribution in [0.4, 0.5) is 23.2 Å². The summed E-state index contributed by atoms with van der Waals surface area (Å²) < 4.78 is 51.8. The molecular formula is C13H11ClF4N2. The summed E-state index contributed by atoms with van der Waals surface area (Å²) in [6.07, 6.45) is -3.87. The summed E-state index contributed by atoms with van der Waals surface area (Å²) in [5, 5.41) is 2.92. The molecular weight excluding hydrogens is 296 g/mol. The van der Waals surface area contributed by atoms with Crippen molar-refractivity contribution in [1.82, 2.24) is 4.98 Å². The molecule has 0 spiro atoms. The van der Waals surface area contributed by atoms with Gasteiger partial charge in [-0.05, 0) is 24.6 Å². The van der Waals surface area contributed by atoms with Crippen molar-refractivity contribution in [1.29, 1.82) is 0 Å². The minimum Gasteiger partial charge on any atom is -0.384 e. The molecule has 0 unspecified atom stereocenters. The maximum atomic E-state index is 13.4. The van der Waals surface area contributed by atoms with E-state index < -0.39 is 17.7 Å². The van der Waals surface area contributed by atoms with Crippen molar-refractivity contribution in [3.05, 3.63) is 34.7 Å². The van der Waals surface area contributed by atoms with Crippen molar-refractivity contribution in [2.45, 2.75) is 19.5 Å². The lowest BCUT2D eigenvalue weighted by Gasteiger charge is -2.14. The number of halogens is 5. The van der Waals surface area contributed by atoms with Gasteiger partial charge < -0.3 is 5.32 Å². The third-order valence-corrected chi connectivity index (χ3v) is 2.98. The van der Waals surface area contributed by atoms with Gasteiger partial charge in [-0.15, -0.1) is 0 Å². The van der Waals surface area contributed by atoms with E-state index in [-0.39, 0.29) is 21.6 Å². The molecule has 1 heterocycles. The minimum absolute atomic E-state index is 0.0681. The number of benzene rings is 1. The van der Waals surface area contributed by atoms with Gasteiger partial charge in [0.2, 0.25) is 0 Å². The smallest absolute Gasteiger partial charge is 0.384 e. The van der Waals surface area contributed by atoms with E-state index in [9.17, 15) is 17.6 Å². The SMILES string of the molecule is CCCNc1cc(C(F)(F)F)nc2c(Cl)cc(F)cc12. The fourth-order valence-corrected chi connectivity index (χ4v) is 2.05. The predicted octanol–water partition coefficient (Wildman–Crippen LogP) is 4.87. The summed E-state index contributed by atoms with van der Waals surface area (Å²) in [4.78, 5) is 3.49. The molecule has 0 saturated heterocycles. The van der Waals surface area contributed by atoms with E-state index in [1.807, 2.05) is 6.92 Å². The maximum absolute atomic E-state index is 13.4. The summed E-state index contributed by atoms with van der Waals surface area (Å²) in [6.45, 7) is 2.33. The Bertz CT molecular complexity index is 640. The number of anilines is 1. The maximum Gasteiger partial charge on any atom is 0.433 e. The summed E-state index contributed by atoms with van der Waals surface area (Å²) in [5.41, 5.74) is -0.954. The zero-order chi connectivity index (χ0) is 14.9. The Balaban J connectivity index is 2.71. The normalized spacial score (nSPS) is 11.9. The zero-order valence-corrected chi connectivity index (χ0v) is 11.2. The topological polar surface area (TPSA) is 24.9 Å². The van der Waals surface area contributed by atoms with Crippen LogP contribution < -0.4 is 5.32 Å². The Morgan fingerprint density at radius 1 is 1.25 bits per heavy atom. The molecule has 0 bridgehead atoms. The van der Waals surface area contributed by atoms with Crippen LogP contribution in [0.15, 0.2) is 18.2 Å². The van der Waals surface area contributed by atoms with Crippen LogP contribution in [-0.2, 0) is 6.18 Å². The number of fused-ring (bicyclic) bond motifs is 1. The van der Waals surface area contributed by atoms with Crippen LogP contribution in [-0.4, -0.2) is 11.5 Å². The molecule has 0 saturated carbocycles. The van der Waals surface area contributed by atoms with Crippen molar-refractivity contribution in [3.8, 4) is 0 Å². The third-order valence-electron chi connectivity index (χ3n) is 2.69. The monoisotopic (exact) mass is 306 g/mol. The van der Waals surface area contributed by atoms with E-state index >= 15 is 0 Å². The van der Waals surface area contributed by atoms with Crippen molar-refractivity contribution in [3.63, 3.8) is 0 Å². The Labute approximate surface area is 117 Å². The average molecular weight is 307 g/mol. The van der Waals surface area contributed by atoms with Crippen LogP contribution in [0.1, 0.15) is 19.0 Å². The molecule has 2 nitrogen and oxygen atoms in total. The number of hydrogen-bond donors (Lipinski definition) is 1. The highest BCUT2D eigenvalue weighted by atomic mass is 35.5. The van der Waals surface area contributed by atoms with Crippen LogP contribution >= 0.6 is 11.6 Å². The quantitative estimate of drug-likeness (QED) is 0.818. The van der Waals surface area contributed by atoms with E-state index in [4.69, 9.17) is 11.6 Å². The van der Waals surface area contributed by atoms with E-state index in [0.29, 0.717) is 13.0 Å². The van der Waals surface area contributed by atoms with Crippen LogP contribution in [0, 0.1) is 5.82 Å². The standard InChI is InChI=1S/C13H11ClF4N2/c1-2-3-19-10-6-11(13(16,17)18)20-12-8(10)4-7(15)5-9(12)14/h4-6H,2-3H2,1H3,(H,19,20). The third kappa shape index (κ3) is 2.95. The van der Waals surface area contributed by atoms with Gasteiger partial charge in [-0.25, -0.2) is 9.37 Å². The Morgan fingerprint density at radius 2 is 1.95 bits per heavy atom. The first kappa shape index (κ1) is 14.8. The molecule has 1 aromatic carbocycles. The molecule has 2 aromatic rings. The zero-order valence-electron chi connectivity index (χ0n) is 10.5. The lowest BCUT2D eigenvalue weighted by molar-refractivity contribution is -0.140. The minimum atomic E-state index is -4.59. The fraction of sp³-hybridized carbons (Fsp3) is 0.308. The van der Waals surface area contributed by atoms with Crippen LogP contribution in [0.3, 0.4) is 0 Å². The highest BCUT2D eigenvalue weighted by Gasteiger charge is 2.33. The van der Waals surface area contributed by atoms with Crippen LogP contribution in [0.5, 0.6) is 0 Å². The molecule has 0 aliphatic heterocycles. The molecule has 1 aromatic heterocycles. The van der Waals surface area contributed by atoms with E-state index in [1.54, 1.807) is 0 Å². The number of hydrogen-bond acceptors (Lipinski definition) is 2. The number of rotatable bonds is 3. The van der Waals surface area contributed by atoms with E-state index in [1.165, 1.54) is 0 Å². The van der Waals surface area contributed by atoms with Crippen molar-refractivity contribution >= 4 is 28.2 Å². The lowest BCUT2D eigenvalue weighted by Crippen LogP contribution is -2.10. The first-order chi connectivity index (χ1) is 9.32. The molecule has 7 heteroatoms. The van der Waals surface area contributed by atoms with Crippen molar-refractivity contribution in [2.75, 3.05) is 11.9 Å². The van der Waals surface area contributed by atoms with Crippen molar-refractivity contribution in [2.24, 2.45) is 0 Å². The van der Waals surface area contributed by atoms with Gasteiger partial charge in [0.05, 0.1) is 10.5 Å². The van der Waals surface area contributed by atoms with Gasteiger partial charge in [-0.3, -0.25) is 0 Å². The van der Waals surface area contributed by atoms with E-state index in [2.05, 4.69) is 10.3 Å². The Morgan fingerprint density at radius 3 is 2.55 bits per heavy atom. The number of pyridine rings is 1. The molecule has 0 aliphatic rings. The molecule has 1 N–H and O–H groups in total. The summed E-state index contributed by atoms with van der Waals surface area (Å²) in [6, 6.07) is 2.93. The molecule has 0 atom stereocenters. The summed E-state index contributed by atoms with van der Waals surface area (Å²) >= 11 is 5.79. The second-order valence-electron chi connectivity index (χ2n) is 4.26. The van der Waals surface area contributed by atoms with Gasteiger partial charge in [-0.2, -0.15) is 13.2 Å². The second kappa shape index (κ2) is 5.44. The lowest BCUT2D eigenvalue weighted by atomic mass is 10.1. The van der Waals surface area contributed by atoms with Gasteiger partial charge in [0, 0.05) is 17.6 Å². The summed E-state index contributed by atoms with van der Waals surface area (Å²) in [5.74, 6) is -0.622. The molecule has 0 fully saturated rings. The Kier molecular flexibility index (Phi) is 4.04. The van der Waals surface area contributed by atoms with Gasteiger partial charge in [0.1, 0.15) is 11.5 Å². The summed E-state index contributed by atoms with van der Waals surface area (Å²) in [7, 11) is 0. The first-order valence-electron chi connectivity index (χ1n) is 5.93. The number of alkyl halides is 3. The highest BCUT2D eigenvalue weighted by molar-refractivity contribution is 6.35. The number of aromatic nitrogens is 1. The molecule has 20 heavy (non-hydrogen) atoms. The molecule has 108 valence electrons. The molecule has 2 rings (SSSR count). The average Bonchev–Trinajstić information content (AvgIpc) is 2.34. The highest BCUT2D eigenvalue weighted by Crippen LogP contribution is 2.35. The van der Waals surface area contributed by atoms with Crippen molar-refractivity contribution < 1.29 is 17.6 Å².